The molecule has 1 N–H and O–H groups in total. The van der Waals surface area contributed by atoms with E-state index >= 15 is 0 Å². The van der Waals surface area contributed by atoms with Crippen molar-refractivity contribution in [1.82, 2.24) is 4.90 Å². The summed E-state index contributed by atoms with van der Waals surface area (Å²) in [6.45, 7) is 8.83. The summed E-state index contributed by atoms with van der Waals surface area (Å²) in [5.74, 6) is -0.110. The van der Waals surface area contributed by atoms with Crippen LogP contribution in [0.2, 0.25) is 0 Å². The van der Waals surface area contributed by atoms with Crippen molar-refractivity contribution in [2.75, 3.05) is 32.6 Å². The number of carbonyl (C=O) groups excluding carboxylic acids is 3. The number of fused-ring (bicyclic) bond motifs is 1. The molecule has 0 aliphatic carbocycles. The molecule has 1 aliphatic heterocycles. The van der Waals surface area contributed by atoms with Crippen molar-refractivity contribution in [3.63, 3.8) is 0 Å². The maximum absolute atomic E-state index is 12.8. The van der Waals surface area contributed by atoms with Crippen LogP contribution in [0.25, 0.3) is 0 Å². The molecule has 0 spiro atoms. The predicted molar refractivity (Wildman–Crippen MR) is 118 cm³/mol. The third-order valence-corrected chi connectivity index (χ3v) is 5.57. The van der Waals surface area contributed by atoms with Crippen LogP contribution in [0.15, 0.2) is 11.6 Å². The number of esters is 2. The van der Waals surface area contributed by atoms with E-state index in [-0.39, 0.29) is 25.0 Å². The summed E-state index contributed by atoms with van der Waals surface area (Å²) in [5, 5.41) is 2.93. The second-order valence-corrected chi connectivity index (χ2v) is 7.37. The van der Waals surface area contributed by atoms with Crippen molar-refractivity contribution >= 4 is 23.7 Å². The highest BCUT2D eigenvalue weighted by Crippen LogP contribution is 2.41. The molecular weight excluding hydrogens is 400 g/mol. The molecule has 8 nitrogen and oxygen atoms in total. The highest BCUT2D eigenvalue weighted by molar-refractivity contribution is 6.05. The molecule has 0 radical (unpaired) electrons. The second kappa shape index (κ2) is 10.8. The smallest absolute Gasteiger partial charge is 0.341 e. The molecule has 2 amide bonds. The fourth-order valence-electron chi connectivity index (χ4n) is 3.67. The molecule has 0 saturated carbocycles. The molecule has 1 aliphatic rings. The molecule has 1 heterocycles. The Hall–Kier alpha value is -3.03. The minimum Gasteiger partial charge on any atom is -0.496 e. The third kappa shape index (κ3) is 5.37. The number of allylic oxidation sites excluding steroid dienone is 2. The van der Waals surface area contributed by atoms with E-state index in [4.69, 9.17) is 14.2 Å². The number of hydrogen-bond acceptors (Lipinski definition) is 6. The summed E-state index contributed by atoms with van der Waals surface area (Å²) < 4.78 is 15.7. The van der Waals surface area contributed by atoms with Gasteiger partial charge in [0.1, 0.15) is 12.4 Å². The highest BCUT2D eigenvalue weighted by Gasteiger charge is 2.33. The van der Waals surface area contributed by atoms with E-state index in [1.165, 1.54) is 7.11 Å². The van der Waals surface area contributed by atoms with Gasteiger partial charge in [-0.05, 0) is 46.1 Å². The molecule has 0 saturated heterocycles. The number of nitrogens with one attached hydrogen (secondary N) is 1. The summed E-state index contributed by atoms with van der Waals surface area (Å²) in [4.78, 5) is 38.4. The number of benzene rings is 1. The van der Waals surface area contributed by atoms with Gasteiger partial charge in [0.15, 0.2) is 0 Å². The number of rotatable bonds is 9. The first-order valence-electron chi connectivity index (χ1n) is 10.5. The lowest BCUT2D eigenvalue weighted by atomic mass is 9.93. The summed E-state index contributed by atoms with van der Waals surface area (Å²) in [5.41, 5.74) is 4.06. The normalized spacial score (nSPS) is 12.8. The molecule has 170 valence electrons. The topological polar surface area (TPSA) is 94.2 Å². The first-order valence-corrected chi connectivity index (χ1v) is 10.5. The molecule has 0 atom stereocenters. The number of methoxy groups -OCH3 is 2. The number of anilines is 1. The van der Waals surface area contributed by atoms with Gasteiger partial charge in [-0.25, -0.2) is 9.59 Å². The molecular formula is C23H32N2O6. The maximum atomic E-state index is 12.8. The number of urea groups is 1. The van der Waals surface area contributed by atoms with E-state index in [0.717, 1.165) is 16.7 Å². The Bertz CT molecular complexity index is 887. The largest absolute Gasteiger partial charge is 0.496 e. The Labute approximate surface area is 183 Å². The van der Waals surface area contributed by atoms with E-state index in [1.54, 1.807) is 12.0 Å². The van der Waals surface area contributed by atoms with Crippen LogP contribution in [0.1, 0.15) is 60.7 Å². The van der Waals surface area contributed by atoms with Crippen LogP contribution in [0.5, 0.6) is 5.75 Å². The lowest BCUT2D eigenvalue weighted by Crippen LogP contribution is -2.35. The Morgan fingerprint density at radius 1 is 1.19 bits per heavy atom. The molecule has 0 aromatic heterocycles. The zero-order valence-electron chi connectivity index (χ0n) is 19.2. The predicted octanol–water partition coefficient (Wildman–Crippen LogP) is 3.99. The summed E-state index contributed by atoms with van der Waals surface area (Å²) in [7, 11) is 2.93. The van der Waals surface area contributed by atoms with E-state index in [1.807, 2.05) is 33.8 Å². The lowest BCUT2D eigenvalue weighted by molar-refractivity contribution is -0.140. The molecule has 0 bridgehead atoms. The lowest BCUT2D eigenvalue weighted by Gasteiger charge is -2.23. The van der Waals surface area contributed by atoms with Gasteiger partial charge in [0.2, 0.25) is 0 Å². The molecule has 8 heteroatoms. The Balaban J connectivity index is 2.50. The first-order chi connectivity index (χ1) is 14.8. The van der Waals surface area contributed by atoms with Crippen LogP contribution in [0.3, 0.4) is 0 Å². The summed E-state index contributed by atoms with van der Waals surface area (Å²) in [6, 6.07) is -0.287. The van der Waals surface area contributed by atoms with E-state index < -0.39 is 5.97 Å². The average molecular weight is 433 g/mol. The molecule has 1 aromatic rings. The monoisotopic (exact) mass is 432 g/mol. The fourth-order valence-corrected chi connectivity index (χ4v) is 3.67. The highest BCUT2D eigenvalue weighted by atomic mass is 16.5. The average Bonchev–Trinajstić information content (AvgIpc) is 3.15. The number of cyclic esters (lactones) is 1. The SMILES string of the molecule is CCN(CC)C(=O)Nc1c(CC=C(C)CCC(=O)OC)c(OC)c(C)c2c1C(=O)OC2. The number of carbonyl (C=O) groups is 3. The Kier molecular flexibility index (Phi) is 8.47. The van der Waals surface area contributed by atoms with Gasteiger partial charge in [0, 0.05) is 30.6 Å². The van der Waals surface area contributed by atoms with Crippen LogP contribution in [-0.4, -0.2) is 50.2 Å². The van der Waals surface area contributed by atoms with Crippen molar-refractivity contribution in [1.29, 1.82) is 0 Å². The molecule has 1 aromatic carbocycles. The minimum absolute atomic E-state index is 0.152. The van der Waals surface area contributed by atoms with Gasteiger partial charge < -0.3 is 24.4 Å². The van der Waals surface area contributed by atoms with Crippen molar-refractivity contribution in [2.24, 2.45) is 0 Å². The van der Waals surface area contributed by atoms with Gasteiger partial charge in [-0.15, -0.1) is 0 Å². The summed E-state index contributed by atoms with van der Waals surface area (Å²) in [6.07, 6.45) is 3.24. The van der Waals surface area contributed by atoms with Crippen LogP contribution in [0.4, 0.5) is 10.5 Å². The Morgan fingerprint density at radius 2 is 1.87 bits per heavy atom. The maximum Gasteiger partial charge on any atom is 0.341 e. The number of nitrogens with zero attached hydrogens (tertiary/aromatic N) is 1. The van der Waals surface area contributed by atoms with Gasteiger partial charge >= 0.3 is 18.0 Å². The van der Waals surface area contributed by atoms with Crippen LogP contribution < -0.4 is 10.1 Å². The third-order valence-electron chi connectivity index (χ3n) is 5.57. The zero-order chi connectivity index (χ0) is 23.1. The standard InChI is InChI=1S/C23H32N2O6/c1-7-25(8-2)23(28)24-20-16(11-9-14(3)10-12-18(26)29-5)21(30-6)15(4)17-13-31-22(27)19(17)20/h9H,7-8,10-13H2,1-6H3,(H,24,28). The van der Waals surface area contributed by atoms with Crippen molar-refractivity contribution in [3.8, 4) is 5.75 Å². The van der Waals surface area contributed by atoms with Gasteiger partial charge in [0.05, 0.1) is 25.5 Å². The van der Waals surface area contributed by atoms with E-state index in [9.17, 15) is 14.4 Å². The van der Waals surface area contributed by atoms with Crippen LogP contribution in [-0.2, 0) is 27.3 Å². The van der Waals surface area contributed by atoms with Crippen molar-refractivity contribution < 1.29 is 28.6 Å². The quantitative estimate of drug-likeness (QED) is 0.468. The fraction of sp³-hybridized carbons (Fsp3) is 0.522. The molecule has 0 unspecified atom stereocenters. The minimum atomic E-state index is -0.455. The second-order valence-electron chi connectivity index (χ2n) is 7.37. The molecule has 0 fully saturated rings. The van der Waals surface area contributed by atoms with Crippen molar-refractivity contribution in [3.05, 3.63) is 33.9 Å². The van der Waals surface area contributed by atoms with Gasteiger partial charge in [-0.2, -0.15) is 0 Å². The molecule has 2 rings (SSSR count). The van der Waals surface area contributed by atoms with E-state index in [0.29, 0.717) is 48.5 Å². The summed E-state index contributed by atoms with van der Waals surface area (Å²) >= 11 is 0. The van der Waals surface area contributed by atoms with Gasteiger partial charge in [-0.3, -0.25) is 4.79 Å². The van der Waals surface area contributed by atoms with Crippen molar-refractivity contribution in [2.45, 2.75) is 53.6 Å². The Morgan fingerprint density at radius 3 is 2.45 bits per heavy atom. The molecule has 31 heavy (non-hydrogen) atoms. The van der Waals surface area contributed by atoms with Gasteiger partial charge in [-0.1, -0.05) is 11.6 Å². The zero-order valence-corrected chi connectivity index (χ0v) is 19.2. The number of amides is 2. The van der Waals surface area contributed by atoms with Gasteiger partial charge in [0.25, 0.3) is 0 Å². The van der Waals surface area contributed by atoms with Crippen LogP contribution >= 0.6 is 0 Å². The first kappa shape index (κ1) is 24.2. The van der Waals surface area contributed by atoms with E-state index in [2.05, 4.69) is 5.32 Å². The number of ether oxygens (including phenoxy) is 3. The van der Waals surface area contributed by atoms with Crippen LogP contribution in [0, 0.1) is 6.92 Å². The number of hydrogen-bond donors (Lipinski definition) is 1.